The van der Waals surface area contributed by atoms with Crippen LogP contribution >= 0.6 is 11.6 Å². The van der Waals surface area contributed by atoms with E-state index in [4.69, 9.17) is 21.1 Å². The van der Waals surface area contributed by atoms with Gasteiger partial charge < -0.3 is 14.8 Å². The predicted molar refractivity (Wildman–Crippen MR) is 114 cm³/mol. The topological polar surface area (TPSA) is 84.9 Å². The highest BCUT2D eigenvalue weighted by Gasteiger charge is 2.32. The van der Waals surface area contributed by atoms with Gasteiger partial charge in [-0.1, -0.05) is 17.7 Å². The van der Waals surface area contributed by atoms with Gasteiger partial charge in [-0.15, -0.1) is 0 Å². The van der Waals surface area contributed by atoms with Crippen LogP contribution in [-0.2, 0) is 14.8 Å². The summed E-state index contributed by atoms with van der Waals surface area (Å²) in [7, 11) is -3.71. The van der Waals surface area contributed by atoms with Crippen LogP contribution in [-0.4, -0.2) is 57.1 Å². The Kier molecular flexibility index (Phi) is 7.36. The van der Waals surface area contributed by atoms with Crippen molar-refractivity contribution in [3.63, 3.8) is 0 Å². The standard InChI is InChI=1S/C21H25ClN2O5S/c1-15-13-24(14-16(2)29-15)30(26,27)20-5-3-4-17(12-20)21(25)23-10-11-28-19-8-6-18(22)7-9-19/h3-9,12,15-16H,10-11,13-14H2,1-2H3,(H,23,25). The number of hydrogen-bond acceptors (Lipinski definition) is 5. The van der Waals surface area contributed by atoms with Crippen molar-refractivity contribution in [2.45, 2.75) is 31.0 Å². The van der Waals surface area contributed by atoms with E-state index in [0.29, 0.717) is 10.8 Å². The molecule has 1 amide bonds. The number of morpholine rings is 1. The van der Waals surface area contributed by atoms with Gasteiger partial charge in [-0.2, -0.15) is 4.31 Å². The molecule has 1 heterocycles. The van der Waals surface area contributed by atoms with Gasteiger partial charge in [-0.05, 0) is 56.3 Å². The van der Waals surface area contributed by atoms with E-state index >= 15 is 0 Å². The number of sulfonamides is 1. The van der Waals surface area contributed by atoms with Crippen LogP contribution < -0.4 is 10.1 Å². The fraction of sp³-hybridized carbons (Fsp3) is 0.381. The summed E-state index contributed by atoms with van der Waals surface area (Å²) >= 11 is 5.83. The van der Waals surface area contributed by atoms with Gasteiger partial charge in [0, 0.05) is 23.7 Å². The van der Waals surface area contributed by atoms with Gasteiger partial charge in [0.15, 0.2) is 0 Å². The third-order valence-corrected chi connectivity index (χ3v) is 6.67. The minimum absolute atomic E-state index is 0.0915. The van der Waals surface area contributed by atoms with Crippen molar-refractivity contribution in [2.24, 2.45) is 0 Å². The summed E-state index contributed by atoms with van der Waals surface area (Å²) in [4.78, 5) is 12.5. The lowest BCUT2D eigenvalue weighted by Gasteiger charge is -2.34. The highest BCUT2D eigenvalue weighted by Crippen LogP contribution is 2.22. The molecule has 0 aliphatic carbocycles. The molecule has 1 aliphatic heterocycles. The molecule has 3 rings (SSSR count). The molecule has 30 heavy (non-hydrogen) atoms. The lowest BCUT2D eigenvalue weighted by molar-refractivity contribution is -0.0440. The van der Waals surface area contributed by atoms with Crippen LogP contribution in [0.15, 0.2) is 53.4 Å². The normalized spacial score (nSPS) is 20.0. The Hall–Kier alpha value is -2.13. The van der Waals surface area contributed by atoms with Crippen molar-refractivity contribution in [1.82, 2.24) is 9.62 Å². The number of carbonyl (C=O) groups is 1. The van der Waals surface area contributed by atoms with E-state index in [0.717, 1.165) is 0 Å². The Morgan fingerprint density at radius 3 is 2.50 bits per heavy atom. The maximum atomic E-state index is 13.0. The average molecular weight is 453 g/mol. The van der Waals surface area contributed by atoms with Crippen LogP contribution in [0.2, 0.25) is 5.02 Å². The number of amides is 1. The number of halogens is 1. The zero-order valence-electron chi connectivity index (χ0n) is 16.9. The summed E-state index contributed by atoms with van der Waals surface area (Å²) in [6.07, 6.45) is -0.369. The monoisotopic (exact) mass is 452 g/mol. The van der Waals surface area contributed by atoms with Crippen molar-refractivity contribution in [3.8, 4) is 5.75 Å². The third kappa shape index (κ3) is 5.72. The molecular formula is C21H25ClN2O5S. The Morgan fingerprint density at radius 2 is 1.83 bits per heavy atom. The largest absolute Gasteiger partial charge is 0.492 e. The van der Waals surface area contributed by atoms with Gasteiger partial charge in [0.1, 0.15) is 12.4 Å². The van der Waals surface area contributed by atoms with Gasteiger partial charge in [-0.25, -0.2) is 8.42 Å². The SMILES string of the molecule is CC1CN(S(=O)(=O)c2cccc(C(=O)NCCOc3ccc(Cl)cc3)c2)CC(C)O1. The molecule has 1 saturated heterocycles. The van der Waals surface area contributed by atoms with Gasteiger partial charge in [-0.3, -0.25) is 4.79 Å². The van der Waals surface area contributed by atoms with Gasteiger partial charge in [0.25, 0.3) is 5.91 Å². The maximum Gasteiger partial charge on any atom is 0.251 e. The summed E-state index contributed by atoms with van der Waals surface area (Å²) in [5.74, 6) is 0.283. The quantitative estimate of drug-likeness (QED) is 0.653. The Labute approximate surface area is 182 Å². The van der Waals surface area contributed by atoms with Gasteiger partial charge in [0.2, 0.25) is 10.0 Å². The molecule has 1 N–H and O–H groups in total. The first-order valence-corrected chi connectivity index (χ1v) is 11.5. The average Bonchev–Trinajstić information content (AvgIpc) is 2.71. The second-order valence-electron chi connectivity index (χ2n) is 7.17. The third-order valence-electron chi connectivity index (χ3n) is 4.59. The predicted octanol–water partition coefficient (Wildman–Crippen LogP) is 2.95. The number of hydrogen-bond donors (Lipinski definition) is 1. The zero-order chi connectivity index (χ0) is 21.7. The zero-order valence-corrected chi connectivity index (χ0v) is 18.4. The molecule has 0 radical (unpaired) electrons. The van der Waals surface area contributed by atoms with E-state index in [1.165, 1.54) is 16.4 Å². The Morgan fingerprint density at radius 1 is 1.17 bits per heavy atom. The van der Waals surface area contributed by atoms with Crippen molar-refractivity contribution >= 4 is 27.5 Å². The fourth-order valence-electron chi connectivity index (χ4n) is 3.24. The smallest absolute Gasteiger partial charge is 0.251 e. The van der Waals surface area contributed by atoms with E-state index in [1.807, 2.05) is 13.8 Å². The minimum Gasteiger partial charge on any atom is -0.492 e. The molecule has 2 aromatic carbocycles. The molecule has 0 spiro atoms. The molecule has 1 fully saturated rings. The van der Waals surface area contributed by atoms with Crippen LogP contribution in [0.4, 0.5) is 0 Å². The number of nitrogens with one attached hydrogen (secondary N) is 1. The number of ether oxygens (including phenoxy) is 2. The lowest BCUT2D eigenvalue weighted by Crippen LogP contribution is -2.48. The molecule has 2 aromatic rings. The molecule has 0 bridgehead atoms. The van der Waals surface area contributed by atoms with Crippen molar-refractivity contribution < 1.29 is 22.7 Å². The molecule has 2 unspecified atom stereocenters. The molecule has 9 heteroatoms. The second kappa shape index (κ2) is 9.78. The van der Waals surface area contributed by atoms with Crippen LogP contribution in [0.5, 0.6) is 5.75 Å². The summed E-state index contributed by atoms with van der Waals surface area (Å²) in [5, 5.41) is 3.35. The van der Waals surface area contributed by atoms with E-state index in [1.54, 1.807) is 36.4 Å². The molecule has 0 aromatic heterocycles. The van der Waals surface area contributed by atoms with Gasteiger partial charge >= 0.3 is 0 Å². The summed E-state index contributed by atoms with van der Waals surface area (Å²) < 4.78 is 38.6. The van der Waals surface area contributed by atoms with E-state index < -0.39 is 10.0 Å². The number of carbonyl (C=O) groups excluding carboxylic acids is 1. The molecule has 2 atom stereocenters. The van der Waals surface area contributed by atoms with Crippen LogP contribution in [0.25, 0.3) is 0 Å². The fourth-order valence-corrected chi connectivity index (χ4v) is 5.00. The lowest BCUT2D eigenvalue weighted by atomic mass is 10.2. The number of nitrogens with zero attached hydrogens (tertiary/aromatic N) is 1. The first kappa shape index (κ1) is 22.6. The Bertz CT molecular complexity index is 971. The number of benzene rings is 2. The maximum absolute atomic E-state index is 13.0. The Balaban J connectivity index is 1.60. The molecular weight excluding hydrogens is 428 g/mol. The summed E-state index contributed by atoms with van der Waals surface area (Å²) in [6, 6.07) is 13.0. The molecule has 162 valence electrons. The van der Waals surface area contributed by atoms with Gasteiger partial charge in [0.05, 0.1) is 23.6 Å². The first-order chi connectivity index (χ1) is 14.3. The molecule has 7 nitrogen and oxygen atoms in total. The first-order valence-electron chi connectivity index (χ1n) is 9.68. The molecule has 1 aliphatic rings. The van der Waals surface area contributed by atoms with Crippen LogP contribution in [0, 0.1) is 0 Å². The second-order valence-corrected chi connectivity index (χ2v) is 9.54. The van der Waals surface area contributed by atoms with Crippen molar-refractivity contribution in [2.75, 3.05) is 26.2 Å². The van der Waals surface area contributed by atoms with Crippen molar-refractivity contribution in [1.29, 1.82) is 0 Å². The van der Waals surface area contributed by atoms with Crippen LogP contribution in [0.3, 0.4) is 0 Å². The highest BCUT2D eigenvalue weighted by atomic mass is 35.5. The number of rotatable bonds is 7. The van der Waals surface area contributed by atoms with E-state index in [-0.39, 0.29) is 54.8 Å². The van der Waals surface area contributed by atoms with E-state index in [2.05, 4.69) is 5.32 Å². The van der Waals surface area contributed by atoms with Crippen molar-refractivity contribution in [3.05, 3.63) is 59.1 Å². The van der Waals surface area contributed by atoms with E-state index in [9.17, 15) is 13.2 Å². The minimum atomic E-state index is -3.71. The van der Waals surface area contributed by atoms with Crippen LogP contribution in [0.1, 0.15) is 24.2 Å². The molecule has 0 saturated carbocycles. The summed E-state index contributed by atoms with van der Waals surface area (Å²) in [5.41, 5.74) is 0.275. The summed E-state index contributed by atoms with van der Waals surface area (Å²) in [6.45, 7) is 4.80. The highest BCUT2D eigenvalue weighted by molar-refractivity contribution is 7.89.